The second kappa shape index (κ2) is 5.05. The number of aliphatic carboxylic acids is 1. The summed E-state index contributed by atoms with van der Waals surface area (Å²) in [6.45, 7) is 2.13. The molecule has 0 radical (unpaired) electrons. The Kier molecular flexibility index (Phi) is 3.21. The molecule has 0 fully saturated rings. The van der Waals surface area contributed by atoms with Crippen molar-refractivity contribution in [3.63, 3.8) is 0 Å². The standard InChI is InChI=1S/C15H15N3O3/c1-9-12(8-16-17-9)14(19)18-7-6-10-4-2-3-5-11(10)13(18)15(20)21/h2-5,8,13H,6-7H2,1H3,(H,16,17)(H,20,21). The monoisotopic (exact) mass is 285 g/mol. The Bertz CT molecular complexity index is 708. The topological polar surface area (TPSA) is 86.3 Å². The van der Waals surface area contributed by atoms with Crippen LogP contribution in [-0.2, 0) is 11.2 Å². The molecule has 1 aliphatic rings. The fraction of sp³-hybridized carbons (Fsp3) is 0.267. The molecule has 1 amide bonds. The van der Waals surface area contributed by atoms with Gasteiger partial charge in [-0.25, -0.2) is 4.79 Å². The lowest BCUT2D eigenvalue weighted by molar-refractivity contribution is -0.143. The molecular formula is C15H15N3O3. The van der Waals surface area contributed by atoms with Gasteiger partial charge in [0.25, 0.3) is 5.91 Å². The van der Waals surface area contributed by atoms with Gasteiger partial charge in [0.05, 0.1) is 11.8 Å². The highest BCUT2D eigenvalue weighted by Gasteiger charge is 2.36. The van der Waals surface area contributed by atoms with Crippen LogP contribution in [-0.4, -0.2) is 38.6 Å². The van der Waals surface area contributed by atoms with Crippen molar-refractivity contribution >= 4 is 11.9 Å². The molecule has 1 aromatic carbocycles. The van der Waals surface area contributed by atoms with Crippen molar-refractivity contribution in [3.05, 3.63) is 52.8 Å². The van der Waals surface area contributed by atoms with Crippen molar-refractivity contribution in [3.8, 4) is 0 Å². The molecule has 0 bridgehead atoms. The Morgan fingerprint density at radius 1 is 1.38 bits per heavy atom. The van der Waals surface area contributed by atoms with Crippen LogP contribution in [0.2, 0.25) is 0 Å². The Balaban J connectivity index is 2.02. The number of carboxylic acid groups (broad SMARTS) is 1. The molecule has 0 saturated heterocycles. The number of amides is 1. The lowest BCUT2D eigenvalue weighted by Crippen LogP contribution is -2.43. The number of benzene rings is 1. The molecule has 2 N–H and O–H groups in total. The number of carboxylic acids is 1. The molecule has 2 heterocycles. The summed E-state index contributed by atoms with van der Waals surface area (Å²) in [6, 6.07) is 6.42. The Hall–Kier alpha value is -2.63. The molecule has 108 valence electrons. The van der Waals surface area contributed by atoms with Gasteiger partial charge in [0, 0.05) is 12.2 Å². The third kappa shape index (κ3) is 2.18. The largest absolute Gasteiger partial charge is 0.479 e. The van der Waals surface area contributed by atoms with Crippen LogP contribution < -0.4 is 0 Å². The van der Waals surface area contributed by atoms with Crippen LogP contribution in [0.1, 0.15) is 33.2 Å². The molecule has 6 nitrogen and oxygen atoms in total. The van der Waals surface area contributed by atoms with E-state index in [1.54, 1.807) is 19.1 Å². The van der Waals surface area contributed by atoms with Crippen LogP contribution in [0.3, 0.4) is 0 Å². The molecule has 6 heteroatoms. The predicted molar refractivity (Wildman–Crippen MR) is 74.9 cm³/mol. The van der Waals surface area contributed by atoms with Crippen LogP contribution in [0.4, 0.5) is 0 Å². The maximum Gasteiger partial charge on any atom is 0.331 e. The van der Waals surface area contributed by atoms with Gasteiger partial charge in [-0.1, -0.05) is 24.3 Å². The maximum absolute atomic E-state index is 12.6. The zero-order valence-corrected chi connectivity index (χ0v) is 11.5. The number of hydrogen-bond donors (Lipinski definition) is 2. The minimum absolute atomic E-state index is 0.303. The lowest BCUT2D eigenvalue weighted by Gasteiger charge is -2.34. The average molecular weight is 285 g/mol. The number of aromatic nitrogens is 2. The molecule has 1 aromatic heterocycles. The fourth-order valence-electron chi connectivity index (χ4n) is 2.77. The third-order valence-electron chi connectivity index (χ3n) is 3.84. The summed E-state index contributed by atoms with van der Waals surface area (Å²) in [5.41, 5.74) is 2.73. The minimum Gasteiger partial charge on any atom is -0.479 e. The van der Waals surface area contributed by atoms with Gasteiger partial charge < -0.3 is 10.0 Å². The number of fused-ring (bicyclic) bond motifs is 1. The quantitative estimate of drug-likeness (QED) is 0.876. The molecule has 3 rings (SSSR count). The number of carbonyl (C=O) groups excluding carboxylic acids is 1. The van der Waals surface area contributed by atoms with Gasteiger partial charge in [0.2, 0.25) is 0 Å². The van der Waals surface area contributed by atoms with Gasteiger partial charge in [0.1, 0.15) is 0 Å². The van der Waals surface area contributed by atoms with Gasteiger partial charge >= 0.3 is 5.97 Å². The van der Waals surface area contributed by atoms with Gasteiger partial charge in [-0.15, -0.1) is 0 Å². The zero-order valence-electron chi connectivity index (χ0n) is 11.5. The molecule has 0 spiro atoms. The summed E-state index contributed by atoms with van der Waals surface area (Å²) in [6.07, 6.45) is 2.10. The van der Waals surface area contributed by atoms with E-state index >= 15 is 0 Å². The van der Waals surface area contributed by atoms with E-state index in [4.69, 9.17) is 0 Å². The normalized spacial score (nSPS) is 17.4. The van der Waals surface area contributed by atoms with Crippen molar-refractivity contribution < 1.29 is 14.7 Å². The summed E-state index contributed by atoms with van der Waals surface area (Å²) in [5, 5.41) is 16.1. The van der Waals surface area contributed by atoms with Crippen LogP contribution >= 0.6 is 0 Å². The molecule has 1 unspecified atom stereocenters. The first-order valence-electron chi connectivity index (χ1n) is 6.71. The summed E-state index contributed by atoms with van der Waals surface area (Å²) >= 11 is 0. The highest BCUT2D eigenvalue weighted by molar-refractivity contribution is 5.97. The molecule has 21 heavy (non-hydrogen) atoms. The molecule has 0 saturated carbocycles. The highest BCUT2D eigenvalue weighted by atomic mass is 16.4. The molecule has 1 aliphatic heterocycles. The number of nitrogens with zero attached hydrogens (tertiary/aromatic N) is 2. The van der Waals surface area contributed by atoms with Crippen molar-refractivity contribution in [1.82, 2.24) is 15.1 Å². The van der Waals surface area contributed by atoms with E-state index in [0.29, 0.717) is 29.8 Å². The average Bonchev–Trinajstić information content (AvgIpc) is 2.91. The number of hydrogen-bond acceptors (Lipinski definition) is 3. The number of aromatic amines is 1. The van der Waals surface area contributed by atoms with Crippen molar-refractivity contribution in [2.75, 3.05) is 6.54 Å². The Labute approximate surface area is 121 Å². The van der Waals surface area contributed by atoms with Crippen molar-refractivity contribution in [1.29, 1.82) is 0 Å². The smallest absolute Gasteiger partial charge is 0.331 e. The Morgan fingerprint density at radius 2 is 2.14 bits per heavy atom. The third-order valence-corrected chi connectivity index (χ3v) is 3.84. The molecule has 0 aliphatic carbocycles. The first kappa shape index (κ1) is 13.4. The number of nitrogens with one attached hydrogen (secondary N) is 1. The first-order valence-corrected chi connectivity index (χ1v) is 6.71. The maximum atomic E-state index is 12.6. The van der Waals surface area contributed by atoms with Gasteiger partial charge in [-0.2, -0.15) is 5.10 Å². The highest BCUT2D eigenvalue weighted by Crippen LogP contribution is 2.31. The van der Waals surface area contributed by atoms with Crippen molar-refractivity contribution in [2.45, 2.75) is 19.4 Å². The van der Waals surface area contributed by atoms with Crippen LogP contribution in [0, 0.1) is 6.92 Å². The number of rotatable bonds is 2. The van der Waals surface area contributed by atoms with Gasteiger partial charge in [-0.05, 0) is 24.5 Å². The number of H-pyrrole nitrogens is 1. The van der Waals surface area contributed by atoms with Crippen LogP contribution in [0.15, 0.2) is 30.5 Å². The second-order valence-electron chi connectivity index (χ2n) is 5.10. The van der Waals surface area contributed by atoms with E-state index in [9.17, 15) is 14.7 Å². The molecule has 2 aromatic rings. The molecule has 1 atom stereocenters. The van der Waals surface area contributed by atoms with E-state index in [1.165, 1.54) is 11.1 Å². The lowest BCUT2D eigenvalue weighted by atomic mass is 9.92. The number of carbonyl (C=O) groups is 2. The van der Waals surface area contributed by atoms with E-state index in [0.717, 1.165) is 5.56 Å². The van der Waals surface area contributed by atoms with Gasteiger partial charge in [-0.3, -0.25) is 9.89 Å². The summed E-state index contributed by atoms with van der Waals surface area (Å²) < 4.78 is 0. The number of aryl methyl sites for hydroxylation is 1. The van der Waals surface area contributed by atoms with E-state index < -0.39 is 12.0 Å². The van der Waals surface area contributed by atoms with E-state index in [-0.39, 0.29) is 5.91 Å². The first-order chi connectivity index (χ1) is 10.1. The van der Waals surface area contributed by atoms with E-state index in [1.807, 2.05) is 12.1 Å². The Morgan fingerprint density at radius 3 is 2.81 bits per heavy atom. The fourth-order valence-corrected chi connectivity index (χ4v) is 2.77. The predicted octanol–water partition coefficient (Wildman–Crippen LogP) is 1.54. The summed E-state index contributed by atoms with van der Waals surface area (Å²) in [7, 11) is 0. The molecular weight excluding hydrogens is 270 g/mol. The minimum atomic E-state index is -1.02. The summed E-state index contributed by atoms with van der Waals surface area (Å²) in [5.74, 6) is -1.32. The summed E-state index contributed by atoms with van der Waals surface area (Å²) in [4.78, 5) is 25.7. The SMILES string of the molecule is Cc1[nH]ncc1C(=O)N1CCc2ccccc2C1C(=O)O. The van der Waals surface area contributed by atoms with Crippen LogP contribution in [0.5, 0.6) is 0 Å². The van der Waals surface area contributed by atoms with Crippen LogP contribution in [0.25, 0.3) is 0 Å². The zero-order chi connectivity index (χ0) is 15.0. The van der Waals surface area contributed by atoms with Crippen molar-refractivity contribution in [2.24, 2.45) is 0 Å². The second-order valence-corrected chi connectivity index (χ2v) is 5.10. The van der Waals surface area contributed by atoms with E-state index in [2.05, 4.69) is 10.2 Å². The van der Waals surface area contributed by atoms with Gasteiger partial charge in [0.15, 0.2) is 6.04 Å².